The fraction of sp³-hybridized carbons (Fsp3) is 0.600. The van der Waals surface area contributed by atoms with E-state index in [2.05, 4.69) is 33.5 Å². The molecule has 6 aliphatic rings. The van der Waals surface area contributed by atoms with Crippen molar-refractivity contribution in [2.75, 3.05) is 30.5 Å². The van der Waals surface area contributed by atoms with E-state index in [-0.39, 0.29) is 17.3 Å². The number of anilines is 1. The molecular formula is C30H37FN2OS. The van der Waals surface area contributed by atoms with Crippen molar-refractivity contribution >= 4 is 17.6 Å². The van der Waals surface area contributed by atoms with Gasteiger partial charge < -0.3 is 14.3 Å². The minimum Gasteiger partial charge on any atom is -0.391 e. The minimum absolute atomic E-state index is 0.124. The molecule has 2 heterocycles. The van der Waals surface area contributed by atoms with Crippen molar-refractivity contribution in [1.29, 1.82) is 0 Å². The third kappa shape index (κ3) is 4.02. The molecule has 5 fully saturated rings. The first-order valence-electron chi connectivity index (χ1n) is 13.8. The molecule has 5 heteroatoms. The fourth-order valence-electron chi connectivity index (χ4n) is 8.66. The summed E-state index contributed by atoms with van der Waals surface area (Å²) < 4.78 is 17.2. The summed E-state index contributed by atoms with van der Waals surface area (Å²) in [6.07, 6.45) is 10.2. The maximum Gasteiger partial charge on any atom is 0.147 e. The highest BCUT2D eigenvalue weighted by molar-refractivity contribution is 8.01. The molecule has 0 radical (unpaired) electrons. The van der Waals surface area contributed by atoms with Crippen LogP contribution in [0.1, 0.15) is 51.4 Å². The zero-order valence-electron chi connectivity index (χ0n) is 20.5. The van der Waals surface area contributed by atoms with Crippen molar-refractivity contribution in [1.82, 2.24) is 4.90 Å². The first-order chi connectivity index (χ1) is 17.1. The van der Waals surface area contributed by atoms with Gasteiger partial charge in [-0.2, -0.15) is 0 Å². The second-order valence-electron chi connectivity index (χ2n) is 12.3. The molecule has 1 N–H and O–H groups in total. The van der Waals surface area contributed by atoms with Crippen LogP contribution < -0.4 is 4.31 Å². The third-order valence-electron chi connectivity index (χ3n) is 9.98. The highest BCUT2D eigenvalue weighted by Gasteiger charge is 2.54. The SMILES string of the molecule is OC(CN1CCC(CN2Sc3ccccc3-c3cccc(F)c32)CC1)C12CC3CC(CC(C3)C1)C2. The number of fused-ring (bicyclic) bond motifs is 3. The van der Waals surface area contributed by atoms with Gasteiger partial charge >= 0.3 is 0 Å². The standard InChI is InChI=1S/C30H37FN2OS/c31-26-6-3-5-25-24-4-1-2-7-27(24)35-33(29(25)26)18-20-8-10-32(11-9-20)19-28(34)30-15-21-12-22(16-30)14-23(13-21)17-30/h1-7,20-23,28,34H,8-19H2. The second kappa shape index (κ2) is 8.78. The van der Waals surface area contributed by atoms with Gasteiger partial charge in [-0.15, -0.1) is 0 Å². The van der Waals surface area contributed by atoms with Gasteiger partial charge in [-0.3, -0.25) is 0 Å². The third-order valence-corrected chi connectivity index (χ3v) is 11.1. The molecule has 0 amide bonds. The number of hydrogen-bond acceptors (Lipinski definition) is 4. The Hall–Kier alpha value is -1.56. The Morgan fingerprint density at radius 3 is 2.29 bits per heavy atom. The highest BCUT2D eigenvalue weighted by Crippen LogP contribution is 2.61. The lowest BCUT2D eigenvalue weighted by Gasteiger charge is -2.59. The molecular weight excluding hydrogens is 455 g/mol. The maximum absolute atomic E-state index is 15.0. The summed E-state index contributed by atoms with van der Waals surface area (Å²) in [6, 6.07) is 13.8. The summed E-state index contributed by atoms with van der Waals surface area (Å²) in [5, 5.41) is 11.4. The van der Waals surface area contributed by atoms with Crippen molar-refractivity contribution in [2.45, 2.75) is 62.4 Å². The molecule has 186 valence electrons. The van der Waals surface area contributed by atoms with E-state index in [1.165, 1.54) is 43.4 Å². The lowest BCUT2D eigenvalue weighted by atomic mass is 9.48. The van der Waals surface area contributed by atoms with Crippen LogP contribution in [0.15, 0.2) is 47.4 Å². The highest BCUT2D eigenvalue weighted by atomic mass is 32.2. The van der Waals surface area contributed by atoms with Gasteiger partial charge in [0.1, 0.15) is 5.82 Å². The molecule has 0 spiro atoms. The first-order valence-corrected chi connectivity index (χ1v) is 14.6. The quantitative estimate of drug-likeness (QED) is 0.475. The van der Waals surface area contributed by atoms with Gasteiger partial charge in [-0.1, -0.05) is 30.3 Å². The maximum atomic E-state index is 15.0. The van der Waals surface area contributed by atoms with Gasteiger partial charge in [0.2, 0.25) is 0 Å². The number of β-amino-alcohol motifs (C(OH)–C–C–N with tert-alkyl or cyclic N) is 1. The topological polar surface area (TPSA) is 26.7 Å². The Bertz CT molecular complexity index is 1060. The number of halogens is 1. The summed E-state index contributed by atoms with van der Waals surface area (Å²) in [5.74, 6) is 3.08. The number of aliphatic hydroxyl groups is 1. The summed E-state index contributed by atoms with van der Waals surface area (Å²) >= 11 is 1.69. The monoisotopic (exact) mass is 492 g/mol. The Balaban J connectivity index is 0.994. The molecule has 4 aliphatic carbocycles. The van der Waals surface area contributed by atoms with Crippen LogP contribution in [0, 0.1) is 34.9 Å². The Morgan fingerprint density at radius 2 is 1.57 bits per heavy atom. The number of rotatable bonds is 5. The van der Waals surface area contributed by atoms with Crippen LogP contribution in [0.4, 0.5) is 10.1 Å². The van der Waals surface area contributed by atoms with E-state index < -0.39 is 0 Å². The molecule has 3 nitrogen and oxygen atoms in total. The van der Waals surface area contributed by atoms with Crippen LogP contribution in [0.5, 0.6) is 0 Å². The lowest BCUT2D eigenvalue weighted by Crippen LogP contribution is -2.55. The van der Waals surface area contributed by atoms with E-state index in [0.29, 0.717) is 5.92 Å². The fourth-order valence-corrected chi connectivity index (χ4v) is 9.87. The second-order valence-corrected chi connectivity index (χ2v) is 13.4. The number of benzene rings is 2. The molecule has 1 atom stereocenters. The van der Waals surface area contributed by atoms with Crippen molar-refractivity contribution in [3.63, 3.8) is 0 Å². The average molecular weight is 493 g/mol. The number of likely N-dealkylation sites (tertiary alicyclic amines) is 1. The molecule has 2 aromatic carbocycles. The van der Waals surface area contributed by atoms with Crippen molar-refractivity contribution in [2.24, 2.45) is 29.1 Å². The molecule has 1 saturated heterocycles. The average Bonchev–Trinajstić information content (AvgIpc) is 2.84. The van der Waals surface area contributed by atoms with E-state index in [1.807, 2.05) is 12.1 Å². The molecule has 35 heavy (non-hydrogen) atoms. The number of nitrogens with zero attached hydrogens (tertiary/aromatic N) is 2. The van der Waals surface area contributed by atoms with Crippen LogP contribution >= 0.6 is 11.9 Å². The first kappa shape index (κ1) is 22.6. The molecule has 8 rings (SSSR count). The number of para-hydroxylation sites is 1. The van der Waals surface area contributed by atoms with E-state index in [4.69, 9.17) is 0 Å². The zero-order chi connectivity index (χ0) is 23.6. The van der Waals surface area contributed by atoms with Crippen molar-refractivity contribution < 1.29 is 9.50 Å². The van der Waals surface area contributed by atoms with Gasteiger partial charge in [0.05, 0.1) is 11.8 Å². The van der Waals surface area contributed by atoms with Gasteiger partial charge in [0.25, 0.3) is 0 Å². The Kier molecular flexibility index (Phi) is 5.67. The van der Waals surface area contributed by atoms with Crippen molar-refractivity contribution in [3.05, 3.63) is 48.3 Å². The minimum atomic E-state index is -0.164. The number of piperidine rings is 1. The van der Waals surface area contributed by atoms with E-state index >= 15 is 0 Å². The van der Waals surface area contributed by atoms with Gasteiger partial charge in [-0.25, -0.2) is 4.39 Å². The summed E-state index contributed by atoms with van der Waals surface area (Å²) in [4.78, 5) is 3.73. The molecule has 2 aromatic rings. The number of hydrogen-bond donors (Lipinski definition) is 1. The van der Waals surface area contributed by atoms with Crippen LogP contribution in [-0.2, 0) is 0 Å². The lowest BCUT2D eigenvalue weighted by molar-refractivity contribution is -0.127. The summed E-state index contributed by atoms with van der Waals surface area (Å²) in [6.45, 7) is 3.82. The van der Waals surface area contributed by atoms with Gasteiger partial charge in [-0.05, 0) is 123 Å². The van der Waals surface area contributed by atoms with Crippen LogP contribution in [0.25, 0.3) is 11.1 Å². The Morgan fingerprint density at radius 1 is 0.914 bits per heavy atom. The smallest absolute Gasteiger partial charge is 0.147 e. The Labute approximate surface area is 213 Å². The van der Waals surface area contributed by atoms with E-state index in [1.54, 1.807) is 18.0 Å². The molecule has 4 bridgehead atoms. The van der Waals surface area contributed by atoms with Crippen molar-refractivity contribution in [3.8, 4) is 11.1 Å². The van der Waals surface area contributed by atoms with E-state index in [9.17, 15) is 9.50 Å². The van der Waals surface area contributed by atoms with Crippen LogP contribution in [0.3, 0.4) is 0 Å². The normalized spacial score (nSPS) is 33.0. The van der Waals surface area contributed by atoms with E-state index in [0.717, 1.165) is 73.6 Å². The van der Waals surface area contributed by atoms with Crippen LogP contribution in [0.2, 0.25) is 0 Å². The molecule has 1 unspecified atom stereocenters. The summed E-state index contributed by atoms with van der Waals surface area (Å²) in [7, 11) is 0. The number of aliphatic hydroxyl groups excluding tert-OH is 1. The molecule has 2 aliphatic heterocycles. The predicted octanol–water partition coefficient (Wildman–Crippen LogP) is 6.61. The van der Waals surface area contributed by atoms with Crippen LogP contribution in [-0.4, -0.2) is 42.3 Å². The largest absolute Gasteiger partial charge is 0.391 e. The summed E-state index contributed by atoms with van der Waals surface area (Å²) in [5.41, 5.74) is 3.10. The zero-order valence-corrected chi connectivity index (χ0v) is 21.4. The molecule has 0 aromatic heterocycles. The predicted molar refractivity (Wildman–Crippen MR) is 141 cm³/mol. The van der Waals surface area contributed by atoms with Gasteiger partial charge in [0.15, 0.2) is 0 Å². The molecule has 4 saturated carbocycles. The van der Waals surface area contributed by atoms with Gasteiger partial charge in [0, 0.05) is 23.5 Å².